The first-order chi connectivity index (χ1) is 14.8. The molecule has 9 heteroatoms. The largest absolute Gasteiger partial charge is 0.491 e. The minimum Gasteiger partial charge on any atom is -0.491 e. The average Bonchev–Trinajstić information content (AvgIpc) is 3.16. The van der Waals surface area contributed by atoms with E-state index in [2.05, 4.69) is 20.8 Å². The van der Waals surface area contributed by atoms with Crippen molar-refractivity contribution in [3.63, 3.8) is 0 Å². The number of nitrogens with one attached hydrogen (secondary N) is 2. The van der Waals surface area contributed by atoms with Crippen LogP contribution >= 0.6 is 23.1 Å². The lowest BCUT2D eigenvalue weighted by Gasteiger charge is -2.09. The van der Waals surface area contributed by atoms with Gasteiger partial charge in [0.1, 0.15) is 5.75 Å². The van der Waals surface area contributed by atoms with Crippen LogP contribution in [0.15, 0.2) is 46.8 Å². The molecule has 2 aromatic carbocycles. The molecular weight excluding hydrogens is 432 g/mol. The van der Waals surface area contributed by atoms with Crippen molar-refractivity contribution in [2.75, 3.05) is 16.4 Å². The molecule has 0 unspecified atom stereocenters. The monoisotopic (exact) mass is 456 g/mol. The van der Waals surface area contributed by atoms with E-state index < -0.39 is 0 Å². The summed E-state index contributed by atoms with van der Waals surface area (Å²) in [5.41, 5.74) is 3.45. The Balaban J connectivity index is 1.50. The molecule has 0 atom stereocenters. The Bertz CT molecular complexity index is 1060. The molecule has 0 saturated heterocycles. The molecule has 1 aromatic heterocycles. The third kappa shape index (κ3) is 6.80. The van der Waals surface area contributed by atoms with E-state index in [4.69, 9.17) is 4.74 Å². The topological polar surface area (TPSA) is 93.2 Å². The normalized spacial score (nSPS) is 10.7. The summed E-state index contributed by atoms with van der Waals surface area (Å²) in [4.78, 5) is 24.6. The summed E-state index contributed by atoms with van der Waals surface area (Å²) in [6, 6.07) is 12.8. The molecule has 0 fully saturated rings. The summed E-state index contributed by atoms with van der Waals surface area (Å²) in [5, 5.41) is 14.0. The summed E-state index contributed by atoms with van der Waals surface area (Å²) in [7, 11) is 0. The van der Waals surface area contributed by atoms with Crippen LogP contribution in [0.4, 0.5) is 10.8 Å². The van der Waals surface area contributed by atoms with Gasteiger partial charge >= 0.3 is 0 Å². The van der Waals surface area contributed by atoms with Crippen LogP contribution in [-0.4, -0.2) is 33.9 Å². The highest BCUT2D eigenvalue weighted by Gasteiger charge is 2.13. The number of hydrogen-bond donors (Lipinski definition) is 2. The molecule has 3 aromatic rings. The lowest BCUT2D eigenvalue weighted by molar-refractivity contribution is -0.113. The predicted molar refractivity (Wildman–Crippen MR) is 125 cm³/mol. The minimum absolute atomic E-state index is 0.0694. The Morgan fingerprint density at radius 1 is 1.06 bits per heavy atom. The number of amides is 2. The van der Waals surface area contributed by atoms with E-state index in [9.17, 15) is 9.59 Å². The van der Waals surface area contributed by atoms with Gasteiger partial charge in [-0.05, 0) is 63.6 Å². The molecule has 0 radical (unpaired) electrons. The number of benzene rings is 2. The van der Waals surface area contributed by atoms with E-state index >= 15 is 0 Å². The molecule has 1 heterocycles. The Kier molecular flexibility index (Phi) is 7.64. The first-order valence-electron chi connectivity index (χ1n) is 9.71. The van der Waals surface area contributed by atoms with Crippen molar-refractivity contribution in [3.05, 3.63) is 59.2 Å². The van der Waals surface area contributed by atoms with Crippen molar-refractivity contribution in [1.82, 2.24) is 10.2 Å². The number of hydrogen-bond acceptors (Lipinski definition) is 7. The van der Waals surface area contributed by atoms with Crippen molar-refractivity contribution in [1.29, 1.82) is 0 Å². The first-order valence-corrected chi connectivity index (χ1v) is 11.5. The number of aromatic nitrogens is 2. The number of aryl methyl sites for hydroxylation is 2. The Hall–Kier alpha value is -2.91. The third-order valence-electron chi connectivity index (χ3n) is 4.10. The molecule has 0 spiro atoms. The van der Waals surface area contributed by atoms with Gasteiger partial charge in [0.2, 0.25) is 11.0 Å². The summed E-state index contributed by atoms with van der Waals surface area (Å²) >= 11 is 2.50. The summed E-state index contributed by atoms with van der Waals surface area (Å²) in [5.74, 6) is 0.505. The Morgan fingerprint density at radius 3 is 2.48 bits per heavy atom. The number of anilines is 2. The molecule has 2 N–H and O–H groups in total. The maximum Gasteiger partial charge on any atom is 0.257 e. The first kappa shape index (κ1) is 22.8. The van der Waals surface area contributed by atoms with Crippen LogP contribution in [0, 0.1) is 13.8 Å². The number of carbonyl (C=O) groups is 2. The van der Waals surface area contributed by atoms with Crippen molar-refractivity contribution in [3.8, 4) is 5.75 Å². The Labute approximate surface area is 189 Å². The van der Waals surface area contributed by atoms with Gasteiger partial charge < -0.3 is 10.1 Å². The highest BCUT2D eigenvalue weighted by molar-refractivity contribution is 8.01. The zero-order chi connectivity index (χ0) is 22.4. The zero-order valence-electron chi connectivity index (χ0n) is 17.8. The molecule has 0 saturated carbocycles. The second kappa shape index (κ2) is 10.4. The van der Waals surface area contributed by atoms with Gasteiger partial charge in [-0.1, -0.05) is 40.8 Å². The quantitative estimate of drug-likeness (QED) is 0.369. The number of nitrogens with zero attached hydrogens (tertiary/aromatic N) is 2. The van der Waals surface area contributed by atoms with Crippen LogP contribution in [-0.2, 0) is 4.79 Å². The minimum atomic E-state index is -0.281. The van der Waals surface area contributed by atoms with Crippen LogP contribution in [0.3, 0.4) is 0 Å². The lowest BCUT2D eigenvalue weighted by atomic mass is 10.1. The van der Waals surface area contributed by atoms with Gasteiger partial charge in [0, 0.05) is 11.3 Å². The van der Waals surface area contributed by atoms with Crippen molar-refractivity contribution in [2.24, 2.45) is 0 Å². The van der Waals surface area contributed by atoms with Crippen molar-refractivity contribution >= 4 is 45.7 Å². The second-order valence-electron chi connectivity index (χ2n) is 7.17. The molecule has 0 aliphatic carbocycles. The van der Waals surface area contributed by atoms with E-state index in [-0.39, 0.29) is 23.7 Å². The van der Waals surface area contributed by atoms with Crippen LogP contribution in [0.25, 0.3) is 0 Å². The summed E-state index contributed by atoms with van der Waals surface area (Å²) in [6.45, 7) is 7.86. The summed E-state index contributed by atoms with van der Waals surface area (Å²) in [6.07, 6.45) is 0.0694. The predicted octanol–water partition coefficient (Wildman–Crippen LogP) is 4.93. The SMILES string of the molecule is Cc1ccc(NC(=O)CSc2nnc(NC(=O)c3ccc(OC(C)C)cc3)s2)c(C)c1. The standard InChI is InChI=1S/C22H24N4O3S2/c1-13(2)29-17-8-6-16(7-9-17)20(28)24-21-25-26-22(31-21)30-12-19(27)23-18-10-5-14(3)11-15(18)4/h5-11,13H,12H2,1-4H3,(H,23,27)(H,24,25,28). The highest BCUT2D eigenvalue weighted by Crippen LogP contribution is 2.26. The van der Waals surface area contributed by atoms with E-state index in [1.54, 1.807) is 24.3 Å². The molecule has 0 bridgehead atoms. The number of ether oxygens (including phenoxy) is 1. The van der Waals surface area contributed by atoms with Crippen LogP contribution in [0.1, 0.15) is 35.3 Å². The summed E-state index contributed by atoms with van der Waals surface area (Å²) < 4.78 is 6.18. The fourth-order valence-electron chi connectivity index (χ4n) is 2.71. The van der Waals surface area contributed by atoms with E-state index in [1.165, 1.54) is 23.1 Å². The lowest BCUT2D eigenvalue weighted by Crippen LogP contribution is -2.14. The third-order valence-corrected chi connectivity index (χ3v) is 6.07. The maximum absolute atomic E-state index is 12.4. The van der Waals surface area contributed by atoms with E-state index in [0.29, 0.717) is 20.8 Å². The van der Waals surface area contributed by atoms with Gasteiger partial charge in [-0.25, -0.2) is 0 Å². The van der Waals surface area contributed by atoms with E-state index in [0.717, 1.165) is 16.8 Å². The smallest absolute Gasteiger partial charge is 0.257 e. The van der Waals surface area contributed by atoms with Gasteiger partial charge in [-0.15, -0.1) is 10.2 Å². The van der Waals surface area contributed by atoms with Gasteiger partial charge in [0.05, 0.1) is 11.9 Å². The fourth-order valence-corrected chi connectivity index (χ4v) is 4.26. The molecule has 2 amide bonds. The van der Waals surface area contributed by atoms with Crippen molar-refractivity contribution < 1.29 is 14.3 Å². The van der Waals surface area contributed by atoms with Gasteiger partial charge in [-0.2, -0.15) is 0 Å². The molecule has 7 nitrogen and oxygen atoms in total. The fraction of sp³-hybridized carbons (Fsp3) is 0.273. The zero-order valence-corrected chi connectivity index (χ0v) is 19.4. The molecule has 3 rings (SSSR count). The molecule has 0 aliphatic rings. The number of rotatable bonds is 8. The van der Waals surface area contributed by atoms with E-state index in [1.807, 2.05) is 45.9 Å². The Morgan fingerprint density at radius 2 is 1.81 bits per heavy atom. The number of carbonyl (C=O) groups excluding carboxylic acids is 2. The van der Waals surface area contributed by atoms with Gasteiger partial charge in [0.15, 0.2) is 4.34 Å². The van der Waals surface area contributed by atoms with Crippen LogP contribution in [0.2, 0.25) is 0 Å². The molecule has 0 aliphatic heterocycles. The van der Waals surface area contributed by atoms with Gasteiger partial charge in [0.25, 0.3) is 5.91 Å². The average molecular weight is 457 g/mol. The molecule has 162 valence electrons. The van der Waals surface area contributed by atoms with Crippen molar-refractivity contribution in [2.45, 2.75) is 38.1 Å². The van der Waals surface area contributed by atoms with Crippen LogP contribution < -0.4 is 15.4 Å². The maximum atomic E-state index is 12.4. The van der Waals surface area contributed by atoms with Crippen LogP contribution in [0.5, 0.6) is 5.75 Å². The molecule has 31 heavy (non-hydrogen) atoms. The number of thioether (sulfide) groups is 1. The molecular formula is C22H24N4O3S2. The highest BCUT2D eigenvalue weighted by atomic mass is 32.2. The second-order valence-corrected chi connectivity index (χ2v) is 9.37. The van der Waals surface area contributed by atoms with Gasteiger partial charge in [-0.3, -0.25) is 14.9 Å².